The van der Waals surface area contributed by atoms with E-state index in [1.165, 1.54) is 49.0 Å². The Kier molecular flexibility index (Phi) is 4.52. The molecule has 0 spiro atoms. The third-order valence-electron chi connectivity index (χ3n) is 4.25. The van der Waals surface area contributed by atoms with Gasteiger partial charge in [0.2, 0.25) is 0 Å². The van der Waals surface area contributed by atoms with Gasteiger partial charge in [-0.15, -0.1) is 0 Å². The lowest BCUT2D eigenvalue weighted by atomic mass is 9.98. The summed E-state index contributed by atoms with van der Waals surface area (Å²) in [5, 5.41) is 0. The van der Waals surface area contributed by atoms with Crippen molar-refractivity contribution in [1.29, 1.82) is 0 Å². The van der Waals surface area contributed by atoms with Gasteiger partial charge in [-0.05, 0) is 54.3 Å². The second-order valence-electron chi connectivity index (χ2n) is 5.88. The van der Waals surface area contributed by atoms with Crippen LogP contribution in [0.25, 0.3) is 5.57 Å². The van der Waals surface area contributed by atoms with Gasteiger partial charge in [0.05, 0.1) is 0 Å². The van der Waals surface area contributed by atoms with E-state index in [2.05, 4.69) is 60.0 Å². The first-order chi connectivity index (χ1) is 10.3. The summed E-state index contributed by atoms with van der Waals surface area (Å²) in [4.78, 5) is 2.56. The Morgan fingerprint density at radius 3 is 2.33 bits per heavy atom. The molecule has 0 aromatic heterocycles. The number of hydrogen-bond donors (Lipinski definition) is 0. The Balaban J connectivity index is 1.75. The zero-order chi connectivity index (χ0) is 14.5. The van der Waals surface area contributed by atoms with E-state index < -0.39 is 0 Å². The third kappa shape index (κ3) is 3.62. The maximum absolute atomic E-state index is 4.27. The van der Waals surface area contributed by atoms with Crippen molar-refractivity contribution in [2.45, 2.75) is 25.8 Å². The van der Waals surface area contributed by atoms with Crippen LogP contribution >= 0.6 is 0 Å². The summed E-state index contributed by atoms with van der Waals surface area (Å²) >= 11 is 0. The van der Waals surface area contributed by atoms with Gasteiger partial charge in [-0.25, -0.2) is 0 Å². The number of likely N-dealkylation sites (tertiary alicyclic amines) is 1. The summed E-state index contributed by atoms with van der Waals surface area (Å²) in [6.07, 6.45) is 4.08. The number of nitrogens with zero attached hydrogens (tertiary/aromatic N) is 1. The van der Waals surface area contributed by atoms with E-state index >= 15 is 0 Å². The molecule has 0 unspecified atom stereocenters. The summed E-state index contributed by atoms with van der Waals surface area (Å²) in [7, 11) is 0. The van der Waals surface area contributed by atoms with Gasteiger partial charge >= 0.3 is 0 Å². The van der Waals surface area contributed by atoms with Crippen LogP contribution in [0.1, 0.15) is 36.0 Å². The predicted octanol–water partition coefficient (Wildman–Crippen LogP) is 4.73. The quantitative estimate of drug-likeness (QED) is 0.780. The van der Waals surface area contributed by atoms with Gasteiger partial charge in [-0.3, -0.25) is 4.90 Å². The minimum Gasteiger partial charge on any atom is -0.299 e. The van der Waals surface area contributed by atoms with Crippen LogP contribution in [-0.2, 0) is 6.54 Å². The highest BCUT2D eigenvalue weighted by molar-refractivity contribution is 5.78. The first-order valence-corrected chi connectivity index (χ1v) is 7.89. The molecule has 1 aliphatic rings. The lowest BCUT2D eigenvalue weighted by molar-refractivity contribution is 0.221. The van der Waals surface area contributed by atoms with Crippen LogP contribution in [0.4, 0.5) is 0 Å². The van der Waals surface area contributed by atoms with Crippen LogP contribution in [0, 0.1) is 0 Å². The second kappa shape index (κ2) is 6.73. The smallest absolute Gasteiger partial charge is 0.0233 e. The van der Waals surface area contributed by atoms with E-state index in [9.17, 15) is 0 Å². The fourth-order valence-electron chi connectivity index (χ4n) is 3.04. The topological polar surface area (TPSA) is 3.24 Å². The fraction of sp³-hybridized carbons (Fsp3) is 0.300. The van der Waals surface area contributed by atoms with Crippen LogP contribution in [0.5, 0.6) is 0 Å². The number of piperidine rings is 1. The second-order valence-corrected chi connectivity index (χ2v) is 5.88. The van der Waals surface area contributed by atoms with Gasteiger partial charge in [0.25, 0.3) is 0 Å². The normalized spacial score (nSPS) is 15.8. The van der Waals surface area contributed by atoms with Gasteiger partial charge in [0.15, 0.2) is 0 Å². The molecule has 3 rings (SSSR count). The van der Waals surface area contributed by atoms with E-state index in [1.54, 1.807) is 0 Å². The molecule has 1 saturated heterocycles. The van der Waals surface area contributed by atoms with Crippen molar-refractivity contribution in [3.63, 3.8) is 0 Å². The van der Waals surface area contributed by atoms with Crippen molar-refractivity contribution in [1.82, 2.24) is 4.90 Å². The molecule has 1 fully saturated rings. The molecule has 0 bridgehead atoms. The van der Waals surface area contributed by atoms with E-state index in [1.807, 2.05) is 6.07 Å². The molecule has 0 atom stereocenters. The standard InChI is InChI=1S/C20H23N/c1-17(19-10-4-2-5-11-19)20-12-8-9-18(15-20)16-21-13-6-3-7-14-21/h2,4-5,8-12,15H,1,3,6-7,13-14,16H2. The molecule has 0 aliphatic carbocycles. The minimum absolute atomic E-state index is 1.07. The first-order valence-electron chi connectivity index (χ1n) is 7.89. The maximum Gasteiger partial charge on any atom is 0.0233 e. The molecular formula is C20H23N. The van der Waals surface area contributed by atoms with E-state index in [-0.39, 0.29) is 0 Å². The van der Waals surface area contributed by atoms with Crippen molar-refractivity contribution < 1.29 is 0 Å². The summed E-state index contributed by atoms with van der Waals surface area (Å²) < 4.78 is 0. The van der Waals surface area contributed by atoms with Gasteiger partial charge in [-0.2, -0.15) is 0 Å². The molecule has 1 aliphatic heterocycles. The number of rotatable bonds is 4. The predicted molar refractivity (Wildman–Crippen MR) is 90.1 cm³/mol. The van der Waals surface area contributed by atoms with Crippen molar-refractivity contribution in [3.05, 3.63) is 77.9 Å². The minimum atomic E-state index is 1.07. The van der Waals surface area contributed by atoms with Gasteiger partial charge in [0.1, 0.15) is 0 Å². The molecule has 1 heterocycles. The number of benzene rings is 2. The summed E-state index contributed by atoms with van der Waals surface area (Å²) in [5.74, 6) is 0. The van der Waals surface area contributed by atoms with Crippen LogP contribution in [0.3, 0.4) is 0 Å². The van der Waals surface area contributed by atoms with Crippen LogP contribution in [0.2, 0.25) is 0 Å². The molecule has 0 amide bonds. The molecule has 21 heavy (non-hydrogen) atoms. The average molecular weight is 277 g/mol. The monoisotopic (exact) mass is 277 g/mol. The molecule has 0 N–H and O–H groups in total. The Labute approximate surface area is 127 Å². The summed E-state index contributed by atoms with van der Waals surface area (Å²) in [5.41, 5.74) is 4.94. The Hall–Kier alpha value is -1.86. The average Bonchev–Trinajstić information content (AvgIpc) is 2.56. The molecule has 1 nitrogen and oxygen atoms in total. The maximum atomic E-state index is 4.27. The fourth-order valence-corrected chi connectivity index (χ4v) is 3.04. The van der Waals surface area contributed by atoms with Crippen LogP contribution < -0.4 is 0 Å². The van der Waals surface area contributed by atoms with E-state index in [0.29, 0.717) is 0 Å². The Morgan fingerprint density at radius 1 is 0.857 bits per heavy atom. The highest BCUT2D eigenvalue weighted by Gasteiger charge is 2.11. The molecule has 1 heteroatoms. The van der Waals surface area contributed by atoms with Crippen molar-refractivity contribution >= 4 is 5.57 Å². The van der Waals surface area contributed by atoms with Crippen LogP contribution in [-0.4, -0.2) is 18.0 Å². The Bertz CT molecular complexity index is 594. The highest BCUT2D eigenvalue weighted by Crippen LogP contribution is 2.23. The molecule has 0 radical (unpaired) electrons. The zero-order valence-electron chi connectivity index (χ0n) is 12.6. The molecule has 0 saturated carbocycles. The molecular weight excluding hydrogens is 254 g/mol. The Morgan fingerprint density at radius 2 is 1.57 bits per heavy atom. The lowest BCUT2D eigenvalue weighted by Gasteiger charge is -2.26. The molecule has 2 aromatic rings. The largest absolute Gasteiger partial charge is 0.299 e. The summed E-state index contributed by atoms with van der Waals surface area (Å²) in [6.45, 7) is 7.81. The van der Waals surface area contributed by atoms with E-state index in [0.717, 1.165) is 12.1 Å². The SMILES string of the molecule is C=C(c1ccccc1)c1cccc(CN2CCCCC2)c1. The highest BCUT2D eigenvalue weighted by atomic mass is 15.1. The van der Waals surface area contributed by atoms with E-state index in [4.69, 9.17) is 0 Å². The van der Waals surface area contributed by atoms with Gasteiger partial charge in [-0.1, -0.05) is 61.5 Å². The summed E-state index contributed by atoms with van der Waals surface area (Å²) in [6, 6.07) is 19.3. The van der Waals surface area contributed by atoms with Crippen molar-refractivity contribution in [2.24, 2.45) is 0 Å². The van der Waals surface area contributed by atoms with Gasteiger partial charge < -0.3 is 0 Å². The zero-order valence-corrected chi connectivity index (χ0v) is 12.6. The van der Waals surface area contributed by atoms with Gasteiger partial charge in [0, 0.05) is 6.54 Å². The van der Waals surface area contributed by atoms with Crippen LogP contribution in [0.15, 0.2) is 61.2 Å². The third-order valence-corrected chi connectivity index (χ3v) is 4.25. The van der Waals surface area contributed by atoms with Crippen molar-refractivity contribution in [3.8, 4) is 0 Å². The lowest BCUT2D eigenvalue weighted by Crippen LogP contribution is -2.29. The number of hydrogen-bond acceptors (Lipinski definition) is 1. The first kappa shape index (κ1) is 14.1. The van der Waals surface area contributed by atoms with Crippen molar-refractivity contribution in [2.75, 3.05) is 13.1 Å². The molecule has 108 valence electrons. The molecule has 2 aromatic carbocycles.